The number of amides is 1. The van der Waals surface area contributed by atoms with Crippen LogP contribution in [0.3, 0.4) is 0 Å². The van der Waals surface area contributed by atoms with Gasteiger partial charge in [0.1, 0.15) is 0 Å². The summed E-state index contributed by atoms with van der Waals surface area (Å²) < 4.78 is 0. The van der Waals surface area contributed by atoms with Crippen LogP contribution < -0.4 is 5.32 Å². The minimum atomic E-state index is -0.398. The van der Waals surface area contributed by atoms with E-state index in [9.17, 15) is 14.4 Å². The van der Waals surface area contributed by atoms with Crippen molar-refractivity contribution in [1.82, 2.24) is 5.32 Å². The SMILES string of the molecule is CC(=O)NCC(C1=C(C)C(=O)C(C)=C(C)C1=O)c1ccc(Cl)cc1. The van der Waals surface area contributed by atoms with Gasteiger partial charge in [-0.3, -0.25) is 14.4 Å². The highest BCUT2D eigenvalue weighted by atomic mass is 35.5. The first-order chi connectivity index (χ1) is 11.2. The Kier molecular flexibility index (Phi) is 5.40. The number of ketones is 2. The predicted octanol–water partition coefficient (Wildman–Crippen LogP) is 3.36. The Balaban J connectivity index is 2.54. The number of hydrogen-bond acceptors (Lipinski definition) is 3. The van der Waals surface area contributed by atoms with Crippen molar-refractivity contribution in [3.05, 3.63) is 57.1 Å². The van der Waals surface area contributed by atoms with E-state index in [4.69, 9.17) is 11.6 Å². The molecule has 24 heavy (non-hydrogen) atoms. The Bertz CT molecular complexity index is 772. The van der Waals surface area contributed by atoms with E-state index in [2.05, 4.69) is 5.32 Å². The Labute approximate surface area is 146 Å². The standard InChI is InChI=1S/C19H20ClNO3/c1-10-11(2)19(24)17(12(3)18(10)23)16(9-21-13(4)22)14-5-7-15(20)8-6-14/h5-8,16H,9H2,1-4H3,(H,21,22). The largest absolute Gasteiger partial charge is 0.355 e. The van der Waals surface area contributed by atoms with Crippen molar-refractivity contribution in [1.29, 1.82) is 0 Å². The molecule has 0 saturated heterocycles. The number of Topliss-reactive ketones (excluding diaryl/α,β-unsaturated/α-hetero) is 2. The van der Waals surface area contributed by atoms with Crippen LogP contribution in [-0.2, 0) is 14.4 Å². The summed E-state index contributed by atoms with van der Waals surface area (Å²) in [5, 5.41) is 3.34. The fraction of sp³-hybridized carbons (Fsp3) is 0.316. The number of hydrogen-bond donors (Lipinski definition) is 1. The highest BCUT2D eigenvalue weighted by molar-refractivity contribution is 6.30. The van der Waals surface area contributed by atoms with Crippen LogP contribution in [0.2, 0.25) is 5.02 Å². The lowest BCUT2D eigenvalue weighted by atomic mass is 9.77. The molecule has 2 rings (SSSR count). The molecule has 0 radical (unpaired) electrons. The molecule has 1 aliphatic rings. The van der Waals surface area contributed by atoms with E-state index < -0.39 is 5.92 Å². The Morgan fingerprint density at radius 1 is 1.00 bits per heavy atom. The summed E-state index contributed by atoms with van der Waals surface area (Å²) >= 11 is 5.94. The van der Waals surface area contributed by atoms with E-state index in [1.165, 1.54) is 6.92 Å². The van der Waals surface area contributed by atoms with Gasteiger partial charge in [-0.1, -0.05) is 23.7 Å². The van der Waals surface area contributed by atoms with Crippen molar-refractivity contribution in [3.8, 4) is 0 Å². The van der Waals surface area contributed by atoms with Gasteiger partial charge in [0.05, 0.1) is 0 Å². The van der Waals surface area contributed by atoms with Crippen molar-refractivity contribution >= 4 is 29.1 Å². The average molecular weight is 346 g/mol. The third-order valence-electron chi connectivity index (χ3n) is 4.41. The molecule has 0 bridgehead atoms. The van der Waals surface area contributed by atoms with Gasteiger partial charge in [0.15, 0.2) is 11.6 Å². The van der Waals surface area contributed by atoms with E-state index >= 15 is 0 Å². The monoisotopic (exact) mass is 345 g/mol. The van der Waals surface area contributed by atoms with E-state index in [1.54, 1.807) is 32.9 Å². The topological polar surface area (TPSA) is 63.2 Å². The van der Waals surface area contributed by atoms with Gasteiger partial charge in [0.25, 0.3) is 0 Å². The van der Waals surface area contributed by atoms with Gasteiger partial charge < -0.3 is 5.32 Å². The van der Waals surface area contributed by atoms with Crippen LogP contribution in [0, 0.1) is 0 Å². The van der Waals surface area contributed by atoms with Gasteiger partial charge in [-0.05, 0) is 38.5 Å². The summed E-state index contributed by atoms with van der Waals surface area (Å²) in [6.45, 7) is 6.67. The number of benzene rings is 1. The van der Waals surface area contributed by atoms with Gasteiger partial charge in [-0.2, -0.15) is 0 Å². The van der Waals surface area contributed by atoms with Crippen LogP contribution in [-0.4, -0.2) is 24.0 Å². The number of carbonyl (C=O) groups excluding carboxylic acids is 3. The molecule has 5 heteroatoms. The second-order valence-corrected chi connectivity index (χ2v) is 6.42. The lowest BCUT2D eigenvalue weighted by Gasteiger charge is -2.26. The summed E-state index contributed by atoms with van der Waals surface area (Å²) in [6, 6.07) is 7.09. The zero-order valence-electron chi connectivity index (χ0n) is 14.2. The number of halogens is 1. The van der Waals surface area contributed by atoms with E-state index in [0.29, 0.717) is 27.3 Å². The zero-order chi connectivity index (χ0) is 18.0. The van der Waals surface area contributed by atoms with Crippen molar-refractivity contribution < 1.29 is 14.4 Å². The van der Waals surface area contributed by atoms with E-state index in [-0.39, 0.29) is 24.0 Å². The molecule has 126 valence electrons. The summed E-state index contributed by atoms with van der Waals surface area (Å²) in [4.78, 5) is 36.6. The molecule has 1 amide bonds. The molecule has 0 aliphatic heterocycles. The molecular formula is C19H20ClNO3. The maximum absolute atomic E-state index is 12.8. The fourth-order valence-corrected chi connectivity index (χ4v) is 2.99. The second-order valence-electron chi connectivity index (χ2n) is 5.99. The van der Waals surface area contributed by atoms with E-state index in [1.807, 2.05) is 12.1 Å². The molecule has 1 aromatic rings. The molecule has 0 heterocycles. The van der Waals surface area contributed by atoms with Crippen LogP contribution >= 0.6 is 11.6 Å². The van der Waals surface area contributed by atoms with Gasteiger partial charge >= 0.3 is 0 Å². The summed E-state index contributed by atoms with van der Waals surface area (Å²) in [7, 11) is 0. The predicted molar refractivity (Wildman–Crippen MR) is 94.0 cm³/mol. The number of rotatable bonds is 4. The van der Waals surface area contributed by atoms with Crippen LogP contribution in [0.4, 0.5) is 0 Å². The molecular weight excluding hydrogens is 326 g/mol. The van der Waals surface area contributed by atoms with Crippen LogP contribution in [0.1, 0.15) is 39.2 Å². The first-order valence-electron chi connectivity index (χ1n) is 7.71. The van der Waals surface area contributed by atoms with Gasteiger partial charge in [0, 0.05) is 46.7 Å². The Morgan fingerprint density at radius 2 is 1.54 bits per heavy atom. The molecule has 1 aromatic carbocycles. The summed E-state index contributed by atoms with van der Waals surface area (Å²) in [6.07, 6.45) is 0. The summed E-state index contributed by atoms with van der Waals surface area (Å²) in [5.41, 5.74) is 2.65. The smallest absolute Gasteiger partial charge is 0.216 e. The van der Waals surface area contributed by atoms with Crippen LogP contribution in [0.5, 0.6) is 0 Å². The van der Waals surface area contributed by atoms with E-state index in [0.717, 1.165) is 5.56 Å². The zero-order valence-corrected chi connectivity index (χ0v) is 15.0. The van der Waals surface area contributed by atoms with Gasteiger partial charge in [0.2, 0.25) is 5.91 Å². The second kappa shape index (κ2) is 7.14. The molecule has 1 atom stereocenters. The lowest BCUT2D eigenvalue weighted by Crippen LogP contribution is -2.32. The average Bonchev–Trinajstić information content (AvgIpc) is 2.55. The number of allylic oxidation sites excluding steroid dienone is 3. The quantitative estimate of drug-likeness (QED) is 0.851. The number of carbonyl (C=O) groups is 3. The molecule has 1 unspecified atom stereocenters. The molecule has 4 nitrogen and oxygen atoms in total. The minimum Gasteiger partial charge on any atom is -0.355 e. The summed E-state index contributed by atoms with van der Waals surface area (Å²) in [5.74, 6) is -0.852. The minimum absolute atomic E-state index is 0.121. The molecule has 1 N–H and O–H groups in total. The molecule has 1 aliphatic carbocycles. The third-order valence-corrected chi connectivity index (χ3v) is 4.66. The van der Waals surface area contributed by atoms with Crippen molar-refractivity contribution in [3.63, 3.8) is 0 Å². The van der Waals surface area contributed by atoms with Gasteiger partial charge in [-0.15, -0.1) is 0 Å². The Morgan fingerprint density at radius 3 is 2.08 bits per heavy atom. The maximum Gasteiger partial charge on any atom is 0.216 e. The Hall–Kier alpha value is -2.20. The molecule has 0 fully saturated rings. The highest BCUT2D eigenvalue weighted by Crippen LogP contribution is 2.34. The number of nitrogens with one attached hydrogen (secondary N) is 1. The van der Waals surface area contributed by atoms with Crippen molar-refractivity contribution in [2.45, 2.75) is 33.6 Å². The normalized spacial score (nSPS) is 16.5. The molecule has 0 saturated carbocycles. The van der Waals surface area contributed by atoms with Crippen LogP contribution in [0.15, 0.2) is 46.6 Å². The third kappa shape index (κ3) is 3.49. The lowest BCUT2D eigenvalue weighted by molar-refractivity contribution is -0.119. The highest BCUT2D eigenvalue weighted by Gasteiger charge is 2.33. The first kappa shape index (κ1) is 18.1. The molecule has 0 aromatic heterocycles. The fourth-order valence-electron chi connectivity index (χ4n) is 2.86. The van der Waals surface area contributed by atoms with Gasteiger partial charge in [-0.25, -0.2) is 0 Å². The molecule has 0 spiro atoms. The first-order valence-corrected chi connectivity index (χ1v) is 8.09. The van der Waals surface area contributed by atoms with Crippen molar-refractivity contribution in [2.24, 2.45) is 0 Å². The van der Waals surface area contributed by atoms with Crippen molar-refractivity contribution in [2.75, 3.05) is 6.54 Å². The van der Waals surface area contributed by atoms with Crippen LogP contribution in [0.25, 0.3) is 0 Å². The maximum atomic E-state index is 12.8.